The van der Waals surface area contributed by atoms with E-state index in [4.69, 9.17) is 9.52 Å². The van der Waals surface area contributed by atoms with Gasteiger partial charge in [0.2, 0.25) is 0 Å². The summed E-state index contributed by atoms with van der Waals surface area (Å²) in [4.78, 5) is 17.9. The van der Waals surface area contributed by atoms with Crippen molar-refractivity contribution in [3.63, 3.8) is 0 Å². The predicted molar refractivity (Wildman–Crippen MR) is 72.3 cm³/mol. The predicted octanol–water partition coefficient (Wildman–Crippen LogP) is 3.71. The number of rotatable bonds is 6. The van der Waals surface area contributed by atoms with Gasteiger partial charge in [0.15, 0.2) is 10.9 Å². The van der Waals surface area contributed by atoms with E-state index in [-0.39, 0.29) is 23.0 Å². The minimum Gasteiger partial charge on any atom is -0.481 e. The van der Waals surface area contributed by atoms with Crippen LogP contribution >= 0.6 is 11.8 Å². The van der Waals surface area contributed by atoms with Crippen molar-refractivity contribution in [3.8, 4) is 11.5 Å². The normalized spacial score (nSPS) is 11.6. The number of nitrogens with zero attached hydrogens (tertiary/aromatic N) is 2. The Labute approximate surface area is 127 Å². The summed E-state index contributed by atoms with van der Waals surface area (Å²) < 4.78 is 43.7. The van der Waals surface area contributed by atoms with E-state index in [2.05, 4.69) is 9.97 Å². The summed E-state index contributed by atoms with van der Waals surface area (Å²) in [6.45, 7) is 0. The van der Waals surface area contributed by atoms with Gasteiger partial charge in [-0.1, -0.05) is 11.8 Å². The molecule has 2 heterocycles. The highest BCUT2D eigenvalue weighted by Crippen LogP contribution is 2.32. The molecule has 2 rings (SSSR count). The van der Waals surface area contributed by atoms with Crippen molar-refractivity contribution in [1.82, 2.24) is 9.97 Å². The van der Waals surface area contributed by atoms with Crippen LogP contribution in [0.5, 0.6) is 0 Å². The van der Waals surface area contributed by atoms with E-state index in [1.165, 1.54) is 12.3 Å². The number of carboxylic acids is 1. The molecule has 0 aliphatic heterocycles. The maximum atomic E-state index is 12.9. The highest BCUT2D eigenvalue weighted by atomic mass is 32.2. The second kappa shape index (κ2) is 6.82. The third-order valence-corrected chi connectivity index (χ3v) is 3.47. The molecule has 0 fully saturated rings. The second-order valence-corrected chi connectivity index (χ2v) is 5.30. The van der Waals surface area contributed by atoms with E-state index in [0.29, 0.717) is 12.2 Å². The van der Waals surface area contributed by atoms with Crippen molar-refractivity contribution in [3.05, 3.63) is 30.2 Å². The number of hydrogen-bond acceptors (Lipinski definition) is 5. The van der Waals surface area contributed by atoms with Gasteiger partial charge in [-0.2, -0.15) is 13.2 Å². The van der Waals surface area contributed by atoms with E-state index >= 15 is 0 Å². The molecule has 2 aromatic rings. The largest absolute Gasteiger partial charge is 0.481 e. The van der Waals surface area contributed by atoms with Gasteiger partial charge in [-0.15, -0.1) is 0 Å². The van der Waals surface area contributed by atoms with E-state index < -0.39 is 17.8 Å². The lowest BCUT2D eigenvalue weighted by molar-refractivity contribution is -0.141. The number of furan rings is 1. The van der Waals surface area contributed by atoms with Crippen molar-refractivity contribution in [1.29, 1.82) is 0 Å². The molecule has 1 N–H and O–H groups in total. The number of halogens is 3. The standard InChI is InChI=1S/C13H11F3N2O3S/c14-13(15,16)10-7-8(9-3-1-5-21-9)17-12(18-10)22-6-2-4-11(19)20/h1,3,5,7H,2,4,6H2,(H,19,20). The zero-order valence-electron chi connectivity index (χ0n) is 11.1. The van der Waals surface area contributed by atoms with Crippen LogP contribution in [0.2, 0.25) is 0 Å². The molecule has 9 heteroatoms. The third-order valence-electron chi connectivity index (χ3n) is 2.54. The number of carbonyl (C=O) groups is 1. The zero-order valence-corrected chi connectivity index (χ0v) is 11.9. The molecule has 0 atom stereocenters. The highest BCUT2D eigenvalue weighted by Gasteiger charge is 2.34. The Balaban J connectivity index is 2.21. The average Bonchev–Trinajstić information content (AvgIpc) is 2.96. The Morgan fingerprint density at radius 2 is 2.14 bits per heavy atom. The fourth-order valence-electron chi connectivity index (χ4n) is 1.57. The molecule has 0 aliphatic carbocycles. The van der Waals surface area contributed by atoms with Crippen LogP contribution in [0, 0.1) is 0 Å². The minimum atomic E-state index is -4.60. The quantitative estimate of drug-likeness (QED) is 0.494. The summed E-state index contributed by atoms with van der Waals surface area (Å²) in [5, 5.41) is 8.47. The minimum absolute atomic E-state index is 0.0352. The Bertz CT molecular complexity index is 644. The maximum absolute atomic E-state index is 12.9. The average molecular weight is 332 g/mol. The molecular formula is C13H11F3N2O3S. The summed E-state index contributed by atoms with van der Waals surface area (Å²) in [7, 11) is 0. The fraction of sp³-hybridized carbons (Fsp3) is 0.308. The highest BCUT2D eigenvalue weighted by molar-refractivity contribution is 7.99. The van der Waals surface area contributed by atoms with Gasteiger partial charge >= 0.3 is 12.1 Å². The van der Waals surface area contributed by atoms with Gasteiger partial charge < -0.3 is 9.52 Å². The van der Waals surface area contributed by atoms with Crippen LogP contribution in [0.15, 0.2) is 34.0 Å². The van der Waals surface area contributed by atoms with E-state index in [9.17, 15) is 18.0 Å². The van der Waals surface area contributed by atoms with Crippen molar-refractivity contribution < 1.29 is 27.5 Å². The zero-order chi connectivity index (χ0) is 16.2. The molecule has 0 aromatic carbocycles. The SMILES string of the molecule is O=C(O)CCCSc1nc(-c2ccco2)cc(C(F)(F)F)n1. The number of hydrogen-bond donors (Lipinski definition) is 1. The summed E-state index contributed by atoms with van der Waals surface area (Å²) >= 11 is 0.977. The summed E-state index contributed by atoms with van der Waals surface area (Å²) in [6.07, 6.45) is -3.00. The topological polar surface area (TPSA) is 76.2 Å². The van der Waals surface area contributed by atoms with E-state index in [1.807, 2.05) is 0 Å². The molecule has 0 saturated carbocycles. The maximum Gasteiger partial charge on any atom is 0.433 e. The molecule has 5 nitrogen and oxygen atoms in total. The molecule has 2 aromatic heterocycles. The van der Waals surface area contributed by atoms with Crippen molar-refractivity contribution in [2.45, 2.75) is 24.2 Å². The number of carboxylic acid groups (broad SMARTS) is 1. The van der Waals surface area contributed by atoms with Gasteiger partial charge in [-0.3, -0.25) is 4.79 Å². The first kappa shape index (κ1) is 16.3. The van der Waals surface area contributed by atoms with Gasteiger partial charge in [0.1, 0.15) is 11.4 Å². The monoisotopic (exact) mass is 332 g/mol. The van der Waals surface area contributed by atoms with Crippen molar-refractivity contribution in [2.24, 2.45) is 0 Å². The van der Waals surface area contributed by atoms with Crippen LogP contribution in [0.4, 0.5) is 13.2 Å². The first-order valence-corrected chi connectivity index (χ1v) is 7.19. The van der Waals surface area contributed by atoms with Gasteiger partial charge in [0.25, 0.3) is 0 Å². The number of aliphatic carboxylic acids is 1. The van der Waals surface area contributed by atoms with E-state index in [1.54, 1.807) is 6.07 Å². The molecule has 22 heavy (non-hydrogen) atoms. The van der Waals surface area contributed by atoms with E-state index in [0.717, 1.165) is 17.8 Å². The van der Waals surface area contributed by atoms with Crippen molar-refractivity contribution >= 4 is 17.7 Å². The fourth-order valence-corrected chi connectivity index (χ4v) is 2.37. The molecular weight excluding hydrogens is 321 g/mol. The Hall–Kier alpha value is -2.03. The van der Waals surface area contributed by atoms with Crippen LogP contribution in [0.1, 0.15) is 18.5 Å². The van der Waals surface area contributed by atoms with Crippen LogP contribution in [0.3, 0.4) is 0 Å². The lowest BCUT2D eigenvalue weighted by Gasteiger charge is -2.09. The van der Waals surface area contributed by atoms with Gasteiger partial charge in [-0.25, -0.2) is 9.97 Å². The van der Waals surface area contributed by atoms with Gasteiger partial charge in [0.05, 0.1) is 6.26 Å². The smallest absolute Gasteiger partial charge is 0.433 e. The molecule has 118 valence electrons. The molecule has 0 bridgehead atoms. The molecule has 0 unspecified atom stereocenters. The molecule has 0 aliphatic rings. The number of alkyl halides is 3. The van der Waals surface area contributed by atoms with Crippen LogP contribution in [0.25, 0.3) is 11.5 Å². The first-order valence-electron chi connectivity index (χ1n) is 6.21. The lowest BCUT2D eigenvalue weighted by atomic mass is 10.2. The molecule has 0 amide bonds. The number of thioether (sulfide) groups is 1. The van der Waals surface area contributed by atoms with Crippen LogP contribution in [-0.4, -0.2) is 26.8 Å². The molecule has 0 spiro atoms. The first-order chi connectivity index (χ1) is 10.4. The second-order valence-electron chi connectivity index (χ2n) is 4.24. The van der Waals surface area contributed by atoms with Crippen molar-refractivity contribution in [2.75, 3.05) is 5.75 Å². The summed E-state index contributed by atoms with van der Waals surface area (Å²) in [5.41, 5.74) is -1.03. The molecule has 0 radical (unpaired) electrons. The Morgan fingerprint density at radius 3 is 2.73 bits per heavy atom. The number of aromatic nitrogens is 2. The van der Waals surface area contributed by atoms with Crippen LogP contribution < -0.4 is 0 Å². The van der Waals surface area contributed by atoms with Crippen LogP contribution in [-0.2, 0) is 11.0 Å². The van der Waals surface area contributed by atoms with Gasteiger partial charge in [-0.05, 0) is 24.6 Å². The van der Waals surface area contributed by atoms with Gasteiger partial charge in [0, 0.05) is 12.2 Å². The lowest BCUT2D eigenvalue weighted by Crippen LogP contribution is -2.10. The molecule has 0 saturated heterocycles. The third kappa shape index (κ3) is 4.48. The summed E-state index contributed by atoms with van der Waals surface area (Å²) in [6, 6.07) is 3.87. The Kier molecular flexibility index (Phi) is 5.07. The Morgan fingerprint density at radius 1 is 1.36 bits per heavy atom. The summed E-state index contributed by atoms with van der Waals surface area (Å²) in [5.74, 6) is -0.437.